The quantitative estimate of drug-likeness (QED) is 0.499. The van der Waals surface area contributed by atoms with Gasteiger partial charge in [0.25, 0.3) is 11.8 Å². The summed E-state index contributed by atoms with van der Waals surface area (Å²) in [6.07, 6.45) is 2.64. The van der Waals surface area contributed by atoms with Crippen LogP contribution in [0.3, 0.4) is 0 Å². The first kappa shape index (κ1) is 12.4. The highest BCUT2D eigenvalue weighted by atomic mass is 16.2. The number of nitrogens with zero attached hydrogens (tertiary/aromatic N) is 1. The Kier molecular flexibility index (Phi) is 2.24. The lowest BCUT2D eigenvalue weighted by Crippen LogP contribution is -2.29. The van der Waals surface area contributed by atoms with Crippen molar-refractivity contribution < 1.29 is 9.59 Å². The Morgan fingerprint density at radius 1 is 0.609 bits per heavy atom. The maximum absolute atomic E-state index is 12.1. The fraction of sp³-hybridized carbons (Fsp3) is 0. The molecule has 3 aromatic carbocycles. The SMILES string of the molecule is O=C1C=CC(=O)N1c1ccc2c3c(cccc13)-c1ccccc1-2. The van der Waals surface area contributed by atoms with Gasteiger partial charge in [0.1, 0.15) is 0 Å². The van der Waals surface area contributed by atoms with E-state index in [9.17, 15) is 9.59 Å². The molecule has 3 heteroatoms. The van der Waals surface area contributed by atoms with Crippen molar-refractivity contribution >= 4 is 28.3 Å². The van der Waals surface area contributed by atoms with E-state index in [1.807, 2.05) is 36.4 Å². The van der Waals surface area contributed by atoms with Crippen molar-refractivity contribution in [3.63, 3.8) is 0 Å². The Labute approximate surface area is 132 Å². The number of rotatable bonds is 1. The smallest absolute Gasteiger partial charge is 0.258 e. The third-order valence-electron chi connectivity index (χ3n) is 4.58. The minimum Gasteiger partial charge on any atom is -0.269 e. The van der Waals surface area contributed by atoms with Gasteiger partial charge in [-0.25, -0.2) is 4.90 Å². The Balaban J connectivity index is 1.86. The van der Waals surface area contributed by atoms with Crippen molar-refractivity contribution in [2.24, 2.45) is 0 Å². The topological polar surface area (TPSA) is 37.4 Å². The van der Waals surface area contributed by atoms with Crippen LogP contribution in [0.2, 0.25) is 0 Å². The molecule has 1 aliphatic carbocycles. The van der Waals surface area contributed by atoms with Crippen molar-refractivity contribution in [3.05, 3.63) is 66.7 Å². The lowest BCUT2D eigenvalue weighted by atomic mass is 10.0. The second kappa shape index (κ2) is 4.17. The Hall–Kier alpha value is -3.20. The molecule has 23 heavy (non-hydrogen) atoms. The monoisotopic (exact) mass is 297 g/mol. The van der Waals surface area contributed by atoms with E-state index in [0.29, 0.717) is 5.69 Å². The molecule has 0 unspecified atom stereocenters. The van der Waals surface area contributed by atoms with Gasteiger partial charge in [-0.1, -0.05) is 48.5 Å². The molecule has 5 rings (SSSR count). The number of fused-ring (bicyclic) bond motifs is 3. The molecule has 0 saturated carbocycles. The molecule has 0 radical (unpaired) electrons. The second-order valence-corrected chi connectivity index (χ2v) is 5.75. The molecular formula is C20H11NO2. The molecule has 2 amide bonds. The summed E-state index contributed by atoms with van der Waals surface area (Å²) in [5.41, 5.74) is 5.35. The van der Waals surface area contributed by atoms with Crippen LogP contribution in [0.5, 0.6) is 0 Å². The van der Waals surface area contributed by atoms with Gasteiger partial charge in [0.05, 0.1) is 5.69 Å². The summed E-state index contributed by atoms with van der Waals surface area (Å²) < 4.78 is 0. The van der Waals surface area contributed by atoms with Crippen LogP contribution in [-0.2, 0) is 9.59 Å². The zero-order chi connectivity index (χ0) is 15.6. The number of amides is 2. The average Bonchev–Trinajstić information content (AvgIpc) is 3.09. The average molecular weight is 297 g/mol. The van der Waals surface area contributed by atoms with Crippen LogP contribution >= 0.6 is 0 Å². The first-order valence-electron chi connectivity index (χ1n) is 7.47. The first-order valence-corrected chi connectivity index (χ1v) is 7.47. The van der Waals surface area contributed by atoms with Gasteiger partial charge in [-0.15, -0.1) is 0 Å². The fourth-order valence-electron chi connectivity index (χ4n) is 3.63. The van der Waals surface area contributed by atoms with Gasteiger partial charge < -0.3 is 0 Å². The molecule has 3 aromatic rings. The maximum atomic E-state index is 12.1. The van der Waals surface area contributed by atoms with Gasteiger partial charge in [0, 0.05) is 17.5 Å². The number of carbonyl (C=O) groups excluding carboxylic acids is 2. The number of imide groups is 1. The summed E-state index contributed by atoms with van der Waals surface area (Å²) in [7, 11) is 0. The van der Waals surface area contributed by atoms with E-state index in [0.717, 1.165) is 21.9 Å². The van der Waals surface area contributed by atoms with E-state index < -0.39 is 0 Å². The summed E-state index contributed by atoms with van der Waals surface area (Å²) in [5, 5.41) is 2.04. The van der Waals surface area contributed by atoms with Crippen LogP contribution in [0.15, 0.2) is 66.7 Å². The Morgan fingerprint density at radius 2 is 1.22 bits per heavy atom. The molecule has 0 atom stereocenters. The summed E-state index contributed by atoms with van der Waals surface area (Å²) in [6.45, 7) is 0. The lowest BCUT2D eigenvalue weighted by Gasteiger charge is -2.17. The van der Waals surface area contributed by atoms with E-state index in [-0.39, 0.29) is 11.8 Å². The molecule has 0 spiro atoms. The number of benzene rings is 3. The summed E-state index contributed by atoms with van der Waals surface area (Å²) in [6, 6.07) is 18.2. The van der Waals surface area contributed by atoms with Crippen molar-refractivity contribution in [2.75, 3.05) is 4.90 Å². The van der Waals surface area contributed by atoms with Crippen molar-refractivity contribution in [3.8, 4) is 22.3 Å². The Morgan fingerprint density at radius 3 is 1.91 bits per heavy atom. The minimum absolute atomic E-state index is 0.286. The van der Waals surface area contributed by atoms with Crippen LogP contribution < -0.4 is 4.90 Å². The van der Waals surface area contributed by atoms with Gasteiger partial charge in [0.15, 0.2) is 0 Å². The van der Waals surface area contributed by atoms with E-state index in [4.69, 9.17) is 0 Å². The van der Waals surface area contributed by atoms with Crippen LogP contribution in [0.4, 0.5) is 5.69 Å². The lowest BCUT2D eigenvalue weighted by molar-refractivity contribution is -0.119. The highest BCUT2D eigenvalue weighted by Gasteiger charge is 2.29. The van der Waals surface area contributed by atoms with Crippen molar-refractivity contribution in [1.29, 1.82) is 0 Å². The number of carbonyl (C=O) groups is 2. The van der Waals surface area contributed by atoms with E-state index in [1.54, 1.807) is 0 Å². The van der Waals surface area contributed by atoms with Crippen molar-refractivity contribution in [1.82, 2.24) is 0 Å². The molecule has 1 aliphatic heterocycles. The van der Waals surface area contributed by atoms with E-state index >= 15 is 0 Å². The van der Waals surface area contributed by atoms with Crippen LogP contribution in [0.25, 0.3) is 33.0 Å². The third-order valence-corrected chi connectivity index (χ3v) is 4.58. The molecule has 0 aromatic heterocycles. The van der Waals surface area contributed by atoms with Gasteiger partial charge in [-0.05, 0) is 33.7 Å². The predicted octanol–water partition coefficient (Wildman–Crippen LogP) is 3.92. The highest BCUT2D eigenvalue weighted by molar-refractivity contribution is 6.31. The predicted molar refractivity (Wildman–Crippen MR) is 90.0 cm³/mol. The first-order chi connectivity index (χ1) is 11.3. The maximum Gasteiger partial charge on any atom is 0.258 e. The van der Waals surface area contributed by atoms with Gasteiger partial charge >= 0.3 is 0 Å². The zero-order valence-corrected chi connectivity index (χ0v) is 12.1. The number of hydrogen-bond acceptors (Lipinski definition) is 2. The van der Waals surface area contributed by atoms with Gasteiger partial charge in [0.2, 0.25) is 0 Å². The molecule has 0 N–H and O–H groups in total. The van der Waals surface area contributed by atoms with Crippen LogP contribution in [0.1, 0.15) is 0 Å². The fourth-order valence-corrected chi connectivity index (χ4v) is 3.63. The molecule has 0 fully saturated rings. The van der Waals surface area contributed by atoms with Crippen LogP contribution in [0, 0.1) is 0 Å². The minimum atomic E-state index is -0.286. The standard InChI is InChI=1S/C20H11NO2/c22-18-10-11-19(23)21(18)17-9-8-15-13-5-2-1-4-12(13)14-6-3-7-16(17)20(14)15/h1-11H. The molecule has 1 heterocycles. The zero-order valence-electron chi connectivity index (χ0n) is 12.1. The largest absolute Gasteiger partial charge is 0.269 e. The van der Waals surface area contributed by atoms with Gasteiger partial charge in [-0.2, -0.15) is 0 Å². The third kappa shape index (κ3) is 1.48. The molecule has 3 nitrogen and oxygen atoms in total. The van der Waals surface area contributed by atoms with E-state index in [2.05, 4.69) is 18.2 Å². The molecule has 108 valence electrons. The summed E-state index contributed by atoms with van der Waals surface area (Å²) in [4.78, 5) is 25.3. The van der Waals surface area contributed by atoms with E-state index in [1.165, 1.54) is 28.2 Å². The van der Waals surface area contributed by atoms with Crippen LogP contribution in [-0.4, -0.2) is 11.8 Å². The summed E-state index contributed by atoms with van der Waals surface area (Å²) >= 11 is 0. The number of anilines is 1. The molecular weight excluding hydrogens is 286 g/mol. The molecule has 0 saturated heterocycles. The second-order valence-electron chi connectivity index (χ2n) is 5.75. The molecule has 2 aliphatic rings. The number of hydrogen-bond donors (Lipinski definition) is 0. The van der Waals surface area contributed by atoms with Gasteiger partial charge in [-0.3, -0.25) is 9.59 Å². The Bertz CT molecular complexity index is 1020. The van der Waals surface area contributed by atoms with Crippen molar-refractivity contribution in [2.45, 2.75) is 0 Å². The highest BCUT2D eigenvalue weighted by Crippen LogP contribution is 2.49. The normalized spacial score (nSPS) is 14.9. The molecule has 0 bridgehead atoms. The summed E-state index contributed by atoms with van der Waals surface area (Å²) in [5.74, 6) is -0.572.